The quantitative estimate of drug-likeness (QED) is 0.171. The van der Waals surface area contributed by atoms with Crippen LogP contribution < -0.4 is 4.74 Å². The monoisotopic (exact) mass is 660 g/mol. The topological polar surface area (TPSA) is 44.9 Å². The van der Waals surface area contributed by atoms with Gasteiger partial charge in [0.2, 0.25) is 0 Å². The van der Waals surface area contributed by atoms with Gasteiger partial charge in [-0.2, -0.15) is 5.10 Å². The molecule has 0 aliphatic heterocycles. The van der Waals surface area contributed by atoms with Gasteiger partial charge in [0, 0.05) is 34.7 Å². The zero-order chi connectivity index (χ0) is 35.4. The number of rotatable bonds is 7. The summed E-state index contributed by atoms with van der Waals surface area (Å²) in [4.78, 5) is 4.74. The largest absolute Gasteiger partial charge is 0.457 e. The molecule has 0 amide bonds. The molecule has 0 aliphatic carbocycles. The highest BCUT2D eigenvalue weighted by Crippen LogP contribution is 2.39. The molecule has 5 nitrogen and oxygen atoms in total. The number of pyridine rings is 1. The Hall–Kier alpha value is -5.16. The zero-order valence-electron chi connectivity index (χ0n) is 30.9. The van der Waals surface area contributed by atoms with E-state index in [2.05, 4.69) is 156 Å². The van der Waals surface area contributed by atoms with Crippen LogP contribution in [-0.4, -0.2) is 19.3 Å². The van der Waals surface area contributed by atoms with Crippen LogP contribution in [0.15, 0.2) is 103 Å². The minimum absolute atomic E-state index is 0.0321. The van der Waals surface area contributed by atoms with Gasteiger partial charge in [0.05, 0.1) is 28.1 Å². The molecular formula is C45H48N4O. The number of ether oxygens (including phenoxy) is 1. The van der Waals surface area contributed by atoms with Gasteiger partial charge in [-0.3, -0.25) is 4.57 Å². The van der Waals surface area contributed by atoms with E-state index in [0.29, 0.717) is 0 Å². The van der Waals surface area contributed by atoms with Crippen molar-refractivity contribution in [2.45, 2.75) is 86.0 Å². The van der Waals surface area contributed by atoms with Crippen LogP contribution in [0.4, 0.5) is 0 Å². The number of fused-ring (bicyclic) bond motifs is 3. The van der Waals surface area contributed by atoms with E-state index >= 15 is 0 Å². The molecule has 7 aromatic rings. The molecule has 50 heavy (non-hydrogen) atoms. The van der Waals surface area contributed by atoms with Crippen molar-refractivity contribution in [1.82, 2.24) is 19.3 Å². The van der Waals surface area contributed by atoms with Gasteiger partial charge in [-0.15, -0.1) is 0 Å². The molecule has 0 N–H and O–H groups in total. The van der Waals surface area contributed by atoms with Crippen molar-refractivity contribution < 1.29 is 4.74 Å². The first-order chi connectivity index (χ1) is 23.9. The standard InChI is InChI=1S/C45H48N4O/c1-10-38-43(30-24-31(44(4,5)6)26-32(25-30)45(7,8)9)39(11-2)49(47-38)33-15-14-16-34(27-33)50-35-19-20-37-36-17-12-13-18-40(36)48(41(37)28-35)42-23-29(3)21-22-46-42/h12-28H,10-11H2,1-9H3. The van der Waals surface area contributed by atoms with E-state index in [9.17, 15) is 0 Å². The maximum Gasteiger partial charge on any atom is 0.137 e. The average molecular weight is 661 g/mol. The van der Waals surface area contributed by atoms with Crippen LogP contribution in [0.1, 0.15) is 83.5 Å². The van der Waals surface area contributed by atoms with Crippen molar-refractivity contribution in [3.63, 3.8) is 0 Å². The lowest BCUT2D eigenvalue weighted by atomic mass is 9.78. The summed E-state index contributed by atoms with van der Waals surface area (Å²) in [5, 5.41) is 7.60. The van der Waals surface area contributed by atoms with Crippen molar-refractivity contribution in [1.29, 1.82) is 0 Å². The third-order valence-corrected chi connectivity index (χ3v) is 9.75. The van der Waals surface area contributed by atoms with Gasteiger partial charge < -0.3 is 4.74 Å². The lowest BCUT2D eigenvalue weighted by Gasteiger charge is -2.26. The lowest BCUT2D eigenvalue weighted by molar-refractivity contribution is 0.482. The van der Waals surface area contributed by atoms with Crippen molar-refractivity contribution in [3.05, 3.63) is 131 Å². The number of hydrogen-bond donors (Lipinski definition) is 0. The molecule has 0 spiro atoms. The summed E-state index contributed by atoms with van der Waals surface area (Å²) in [6, 6.07) is 34.4. The minimum atomic E-state index is 0.0321. The summed E-state index contributed by atoms with van der Waals surface area (Å²) < 4.78 is 11.0. The van der Waals surface area contributed by atoms with Gasteiger partial charge in [-0.1, -0.05) is 97.9 Å². The summed E-state index contributed by atoms with van der Waals surface area (Å²) >= 11 is 0. The zero-order valence-corrected chi connectivity index (χ0v) is 30.9. The smallest absolute Gasteiger partial charge is 0.137 e. The van der Waals surface area contributed by atoms with Gasteiger partial charge in [0.25, 0.3) is 0 Å². The molecule has 0 fully saturated rings. The number of aryl methyl sites for hydroxylation is 2. The SMILES string of the molecule is CCc1nn(-c2cccc(Oc3ccc4c5ccccc5n(-c5cc(C)ccn5)c4c3)c2)c(CC)c1-c1cc(C(C)(C)C)cc(C(C)(C)C)c1. The third-order valence-electron chi connectivity index (χ3n) is 9.75. The molecular weight excluding hydrogens is 613 g/mol. The van der Waals surface area contributed by atoms with Crippen LogP contribution in [0, 0.1) is 6.92 Å². The second-order valence-electron chi connectivity index (χ2n) is 15.5. The van der Waals surface area contributed by atoms with E-state index in [0.717, 1.165) is 52.6 Å². The Labute approximate surface area is 296 Å². The maximum absolute atomic E-state index is 6.61. The minimum Gasteiger partial charge on any atom is -0.457 e. The van der Waals surface area contributed by atoms with E-state index < -0.39 is 0 Å². The Morgan fingerprint density at radius 3 is 2.04 bits per heavy atom. The number of nitrogens with zero attached hydrogens (tertiary/aromatic N) is 4. The first-order valence-corrected chi connectivity index (χ1v) is 17.9. The van der Waals surface area contributed by atoms with Crippen LogP contribution in [0.3, 0.4) is 0 Å². The van der Waals surface area contributed by atoms with E-state index in [4.69, 9.17) is 14.8 Å². The highest BCUT2D eigenvalue weighted by Gasteiger charge is 2.25. The van der Waals surface area contributed by atoms with Gasteiger partial charge in [-0.25, -0.2) is 9.67 Å². The Kier molecular flexibility index (Phi) is 8.42. The fourth-order valence-corrected chi connectivity index (χ4v) is 6.98. The first kappa shape index (κ1) is 33.3. The summed E-state index contributed by atoms with van der Waals surface area (Å²) in [6.07, 6.45) is 3.57. The van der Waals surface area contributed by atoms with E-state index in [1.54, 1.807) is 0 Å². The fraction of sp³-hybridized carbons (Fsp3) is 0.289. The Bertz CT molecular complexity index is 2330. The summed E-state index contributed by atoms with van der Waals surface area (Å²) in [7, 11) is 0. The molecule has 3 aromatic heterocycles. The van der Waals surface area contributed by atoms with Crippen molar-refractivity contribution >= 4 is 21.8 Å². The summed E-state index contributed by atoms with van der Waals surface area (Å²) in [5.41, 5.74) is 11.9. The number of benzene rings is 4. The summed E-state index contributed by atoms with van der Waals surface area (Å²) in [6.45, 7) is 20.3. The van der Waals surface area contributed by atoms with Gasteiger partial charge in [0.1, 0.15) is 17.3 Å². The van der Waals surface area contributed by atoms with Crippen molar-refractivity contribution in [3.8, 4) is 34.1 Å². The Balaban J connectivity index is 1.31. The van der Waals surface area contributed by atoms with Gasteiger partial charge in [-0.05, 0) is 95.3 Å². The second kappa shape index (κ2) is 12.6. The molecule has 0 saturated carbocycles. The molecule has 0 bridgehead atoms. The van der Waals surface area contributed by atoms with Gasteiger partial charge in [0.15, 0.2) is 0 Å². The molecule has 5 heteroatoms. The van der Waals surface area contributed by atoms with Crippen molar-refractivity contribution in [2.24, 2.45) is 0 Å². The highest BCUT2D eigenvalue weighted by atomic mass is 16.5. The second-order valence-corrected chi connectivity index (χ2v) is 15.5. The molecule has 254 valence electrons. The molecule has 0 radical (unpaired) electrons. The van der Waals surface area contributed by atoms with Crippen molar-refractivity contribution in [2.75, 3.05) is 0 Å². The normalized spacial score (nSPS) is 12.3. The summed E-state index contributed by atoms with van der Waals surface area (Å²) in [5.74, 6) is 2.43. The van der Waals surface area contributed by atoms with Crippen LogP contribution >= 0.6 is 0 Å². The molecule has 0 saturated heterocycles. The van der Waals surface area contributed by atoms with E-state index in [1.165, 1.54) is 44.3 Å². The van der Waals surface area contributed by atoms with E-state index in [1.807, 2.05) is 18.3 Å². The molecule has 4 aromatic carbocycles. The highest BCUT2D eigenvalue weighted by molar-refractivity contribution is 6.09. The molecule has 0 unspecified atom stereocenters. The first-order valence-electron chi connectivity index (χ1n) is 17.9. The number of aromatic nitrogens is 4. The lowest BCUT2D eigenvalue weighted by Crippen LogP contribution is -2.16. The van der Waals surface area contributed by atoms with Crippen LogP contribution in [-0.2, 0) is 23.7 Å². The predicted molar refractivity (Wildman–Crippen MR) is 209 cm³/mol. The average Bonchev–Trinajstić information content (AvgIpc) is 3.63. The molecule has 7 rings (SSSR count). The Morgan fingerprint density at radius 1 is 0.660 bits per heavy atom. The molecule has 3 heterocycles. The fourth-order valence-electron chi connectivity index (χ4n) is 6.98. The number of para-hydroxylation sites is 1. The Morgan fingerprint density at radius 2 is 1.36 bits per heavy atom. The number of hydrogen-bond acceptors (Lipinski definition) is 3. The van der Waals surface area contributed by atoms with E-state index in [-0.39, 0.29) is 10.8 Å². The maximum atomic E-state index is 6.61. The molecule has 0 aliphatic rings. The molecule has 0 atom stereocenters. The third kappa shape index (κ3) is 6.10. The van der Waals surface area contributed by atoms with Crippen LogP contribution in [0.5, 0.6) is 11.5 Å². The van der Waals surface area contributed by atoms with Crippen LogP contribution in [0.25, 0.3) is 44.4 Å². The predicted octanol–water partition coefficient (Wildman–Crippen LogP) is 11.9. The van der Waals surface area contributed by atoms with Crippen LogP contribution in [0.2, 0.25) is 0 Å². The van der Waals surface area contributed by atoms with Gasteiger partial charge >= 0.3 is 0 Å².